The van der Waals surface area contributed by atoms with Gasteiger partial charge in [0, 0.05) is 39.9 Å². The molecular formula is C15H28O6. The average Bonchev–Trinajstić information content (AvgIpc) is 2.46. The molecule has 6 heteroatoms. The SMILES string of the molecule is COC(C)CCOC(=O)CCCC(=O)OCCC(C)OC. The molecule has 0 amide bonds. The number of carbonyl (C=O) groups excluding carboxylic acids is 2. The van der Waals surface area contributed by atoms with Crippen molar-refractivity contribution in [1.82, 2.24) is 0 Å². The maximum atomic E-state index is 11.4. The zero-order valence-corrected chi connectivity index (χ0v) is 13.6. The molecule has 0 bridgehead atoms. The summed E-state index contributed by atoms with van der Waals surface area (Å²) < 4.78 is 20.2. The van der Waals surface area contributed by atoms with Gasteiger partial charge in [0.15, 0.2) is 0 Å². The van der Waals surface area contributed by atoms with Crippen molar-refractivity contribution in [3.63, 3.8) is 0 Å². The third-order valence-electron chi connectivity index (χ3n) is 3.14. The van der Waals surface area contributed by atoms with Crippen LogP contribution in [-0.2, 0) is 28.5 Å². The van der Waals surface area contributed by atoms with Crippen LogP contribution in [0.25, 0.3) is 0 Å². The van der Waals surface area contributed by atoms with Crippen molar-refractivity contribution in [1.29, 1.82) is 0 Å². The van der Waals surface area contributed by atoms with Gasteiger partial charge in [0.1, 0.15) is 0 Å². The summed E-state index contributed by atoms with van der Waals surface area (Å²) in [4.78, 5) is 22.8. The molecule has 0 aromatic carbocycles. The molecule has 0 spiro atoms. The van der Waals surface area contributed by atoms with Gasteiger partial charge in [-0.1, -0.05) is 0 Å². The van der Waals surface area contributed by atoms with Crippen molar-refractivity contribution in [2.75, 3.05) is 27.4 Å². The van der Waals surface area contributed by atoms with Gasteiger partial charge in [-0.25, -0.2) is 0 Å². The van der Waals surface area contributed by atoms with E-state index >= 15 is 0 Å². The minimum atomic E-state index is -0.292. The average molecular weight is 304 g/mol. The van der Waals surface area contributed by atoms with Crippen molar-refractivity contribution in [3.8, 4) is 0 Å². The predicted octanol–water partition coefficient (Wildman–Crippen LogP) is 2.09. The van der Waals surface area contributed by atoms with Crippen LogP contribution in [0.3, 0.4) is 0 Å². The number of methoxy groups -OCH3 is 2. The highest BCUT2D eigenvalue weighted by Gasteiger charge is 2.09. The van der Waals surface area contributed by atoms with Gasteiger partial charge in [0.2, 0.25) is 0 Å². The lowest BCUT2D eigenvalue weighted by molar-refractivity contribution is -0.146. The van der Waals surface area contributed by atoms with Crippen LogP contribution in [0.5, 0.6) is 0 Å². The van der Waals surface area contributed by atoms with Crippen LogP contribution in [0.2, 0.25) is 0 Å². The van der Waals surface area contributed by atoms with Gasteiger partial charge in [-0.15, -0.1) is 0 Å². The van der Waals surface area contributed by atoms with Crippen molar-refractivity contribution >= 4 is 11.9 Å². The highest BCUT2D eigenvalue weighted by Crippen LogP contribution is 2.03. The summed E-state index contributed by atoms with van der Waals surface area (Å²) in [5, 5.41) is 0. The van der Waals surface area contributed by atoms with E-state index < -0.39 is 0 Å². The Bertz CT molecular complexity index is 264. The predicted molar refractivity (Wildman–Crippen MR) is 77.9 cm³/mol. The first-order valence-corrected chi connectivity index (χ1v) is 7.36. The van der Waals surface area contributed by atoms with Gasteiger partial charge in [0.05, 0.1) is 25.4 Å². The summed E-state index contributed by atoms with van der Waals surface area (Å²) in [6.45, 7) is 4.50. The standard InChI is InChI=1S/C15H28O6/c1-12(18-3)8-10-20-14(16)6-5-7-15(17)21-11-9-13(2)19-4/h12-13H,5-11H2,1-4H3. The Morgan fingerprint density at radius 2 is 1.19 bits per heavy atom. The van der Waals surface area contributed by atoms with Gasteiger partial charge in [0.25, 0.3) is 0 Å². The van der Waals surface area contributed by atoms with E-state index in [9.17, 15) is 9.59 Å². The Labute approximate surface area is 127 Å². The summed E-state index contributed by atoms with van der Waals surface area (Å²) in [6, 6.07) is 0. The molecule has 0 rings (SSSR count). The highest BCUT2D eigenvalue weighted by molar-refractivity contribution is 5.72. The van der Waals surface area contributed by atoms with E-state index in [0.29, 0.717) is 32.5 Å². The first-order chi connectivity index (χ1) is 9.99. The molecule has 21 heavy (non-hydrogen) atoms. The highest BCUT2D eigenvalue weighted by atomic mass is 16.5. The Balaban J connectivity index is 3.51. The molecule has 0 saturated carbocycles. The number of hydrogen-bond acceptors (Lipinski definition) is 6. The number of rotatable bonds is 12. The molecule has 0 aromatic rings. The van der Waals surface area contributed by atoms with E-state index in [4.69, 9.17) is 18.9 Å². The molecule has 0 radical (unpaired) electrons. The van der Waals surface area contributed by atoms with E-state index in [1.165, 1.54) is 0 Å². The van der Waals surface area contributed by atoms with Crippen LogP contribution < -0.4 is 0 Å². The number of hydrogen-bond donors (Lipinski definition) is 0. The fraction of sp³-hybridized carbons (Fsp3) is 0.867. The summed E-state index contributed by atoms with van der Waals surface area (Å²) >= 11 is 0. The largest absolute Gasteiger partial charge is 0.466 e. The zero-order valence-electron chi connectivity index (χ0n) is 13.6. The molecule has 0 heterocycles. The fourth-order valence-electron chi connectivity index (χ4n) is 1.43. The summed E-state index contributed by atoms with van der Waals surface area (Å²) in [6.07, 6.45) is 2.38. The first-order valence-electron chi connectivity index (χ1n) is 7.36. The number of ether oxygens (including phenoxy) is 4. The lowest BCUT2D eigenvalue weighted by atomic mass is 10.2. The van der Waals surface area contributed by atoms with Crippen LogP contribution in [0.4, 0.5) is 0 Å². The topological polar surface area (TPSA) is 71.1 Å². The van der Waals surface area contributed by atoms with Crippen LogP contribution >= 0.6 is 0 Å². The Kier molecular flexibility index (Phi) is 11.9. The van der Waals surface area contributed by atoms with Gasteiger partial charge < -0.3 is 18.9 Å². The van der Waals surface area contributed by atoms with Crippen molar-refractivity contribution in [2.45, 2.75) is 58.2 Å². The molecule has 0 N–H and O–H groups in total. The maximum absolute atomic E-state index is 11.4. The van der Waals surface area contributed by atoms with E-state index in [0.717, 1.165) is 0 Å². The summed E-state index contributed by atoms with van der Waals surface area (Å²) in [7, 11) is 3.23. The molecule has 0 aliphatic heterocycles. The van der Waals surface area contributed by atoms with E-state index in [1.807, 2.05) is 13.8 Å². The molecule has 124 valence electrons. The maximum Gasteiger partial charge on any atom is 0.305 e. The van der Waals surface area contributed by atoms with Gasteiger partial charge in [-0.3, -0.25) is 9.59 Å². The molecule has 2 unspecified atom stereocenters. The Hall–Kier alpha value is -1.14. The van der Waals surface area contributed by atoms with Gasteiger partial charge >= 0.3 is 11.9 Å². The lowest BCUT2D eigenvalue weighted by Crippen LogP contribution is -2.14. The quantitative estimate of drug-likeness (QED) is 0.514. The van der Waals surface area contributed by atoms with Gasteiger partial charge in [-0.2, -0.15) is 0 Å². The normalized spacial score (nSPS) is 13.5. The third-order valence-corrected chi connectivity index (χ3v) is 3.14. The zero-order chi connectivity index (χ0) is 16.1. The van der Waals surface area contributed by atoms with Gasteiger partial charge in [-0.05, 0) is 20.3 Å². The molecular weight excluding hydrogens is 276 g/mol. The van der Waals surface area contributed by atoms with E-state index in [2.05, 4.69) is 0 Å². The number of carbonyl (C=O) groups is 2. The second-order valence-electron chi connectivity index (χ2n) is 4.96. The van der Waals surface area contributed by atoms with Crippen molar-refractivity contribution in [3.05, 3.63) is 0 Å². The number of esters is 2. The molecule has 2 atom stereocenters. The molecule has 0 aromatic heterocycles. The fourth-order valence-corrected chi connectivity index (χ4v) is 1.43. The Morgan fingerprint density at radius 1 is 0.810 bits per heavy atom. The van der Waals surface area contributed by atoms with Crippen LogP contribution in [-0.4, -0.2) is 51.6 Å². The summed E-state index contributed by atoms with van der Waals surface area (Å²) in [5.41, 5.74) is 0. The van der Waals surface area contributed by atoms with Crippen molar-refractivity contribution < 1.29 is 28.5 Å². The molecule has 0 saturated heterocycles. The molecule has 0 aliphatic carbocycles. The first kappa shape index (κ1) is 19.9. The summed E-state index contributed by atoms with van der Waals surface area (Å²) in [5.74, 6) is -0.585. The smallest absolute Gasteiger partial charge is 0.305 e. The van der Waals surface area contributed by atoms with Crippen LogP contribution in [0.15, 0.2) is 0 Å². The van der Waals surface area contributed by atoms with E-state index in [-0.39, 0.29) is 37.0 Å². The molecule has 6 nitrogen and oxygen atoms in total. The minimum Gasteiger partial charge on any atom is -0.466 e. The monoisotopic (exact) mass is 304 g/mol. The van der Waals surface area contributed by atoms with E-state index in [1.54, 1.807) is 14.2 Å². The minimum absolute atomic E-state index is 0.0715. The van der Waals surface area contributed by atoms with Crippen LogP contribution in [0.1, 0.15) is 46.0 Å². The molecule has 0 aliphatic rings. The third kappa shape index (κ3) is 12.3. The lowest BCUT2D eigenvalue weighted by Gasteiger charge is -2.10. The second-order valence-corrected chi connectivity index (χ2v) is 4.96. The Morgan fingerprint density at radius 3 is 1.52 bits per heavy atom. The van der Waals surface area contributed by atoms with Crippen molar-refractivity contribution in [2.24, 2.45) is 0 Å². The van der Waals surface area contributed by atoms with Crippen LogP contribution in [0, 0.1) is 0 Å². The molecule has 0 fully saturated rings. The second kappa shape index (κ2) is 12.6.